The summed E-state index contributed by atoms with van der Waals surface area (Å²) in [5, 5.41) is 9.22. The Morgan fingerprint density at radius 3 is 2.14 bits per heavy atom. The van der Waals surface area contributed by atoms with Gasteiger partial charge in [-0.3, -0.25) is 0 Å². The van der Waals surface area contributed by atoms with Gasteiger partial charge in [0.25, 0.3) is 0 Å². The van der Waals surface area contributed by atoms with Crippen LogP contribution in [0.2, 0.25) is 0 Å². The lowest BCUT2D eigenvalue weighted by molar-refractivity contribution is 0.296. The number of aromatic nitrogens is 3. The van der Waals surface area contributed by atoms with E-state index in [0.29, 0.717) is 0 Å². The minimum Gasteiger partial charge on any atom is -0.493 e. The highest BCUT2D eigenvalue weighted by Crippen LogP contribution is 2.33. The predicted molar refractivity (Wildman–Crippen MR) is 116 cm³/mol. The van der Waals surface area contributed by atoms with E-state index in [2.05, 4.69) is 50.0 Å². The number of nitrogens with zero attached hydrogens (tertiary/aromatic N) is 3. The van der Waals surface area contributed by atoms with Gasteiger partial charge < -0.3 is 4.74 Å². The summed E-state index contributed by atoms with van der Waals surface area (Å²) < 4.78 is 6.17. The molecule has 0 aliphatic heterocycles. The SMILES string of the molecule is CCCCCCCCOc1ccc(-n2nc3ccccc3n2)cc1C(C)(C)C. The molecule has 4 nitrogen and oxygen atoms in total. The van der Waals surface area contributed by atoms with E-state index in [1.165, 1.54) is 37.7 Å². The molecule has 3 aromatic rings. The van der Waals surface area contributed by atoms with Crippen LogP contribution in [0.4, 0.5) is 0 Å². The van der Waals surface area contributed by atoms with E-state index in [9.17, 15) is 0 Å². The van der Waals surface area contributed by atoms with Crippen LogP contribution >= 0.6 is 0 Å². The molecule has 0 amide bonds. The summed E-state index contributed by atoms with van der Waals surface area (Å²) in [6.07, 6.45) is 7.63. The number of unbranched alkanes of at least 4 members (excludes halogenated alkanes) is 5. The van der Waals surface area contributed by atoms with E-state index in [4.69, 9.17) is 4.74 Å². The molecule has 0 saturated carbocycles. The van der Waals surface area contributed by atoms with Crippen LogP contribution in [0.5, 0.6) is 5.75 Å². The summed E-state index contributed by atoms with van der Waals surface area (Å²) in [6.45, 7) is 9.69. The third kappa shape index (κ3) is 5.12. The summed E-state index contributed by atoms with van der Waals surface area (Å²) >= 11 is 0. The third-order valence-electron chi connectivity index (χ3n) is 5.04. The molecule has 0 aliphatic carbocycles. The minimum atomic E-state index is -0.0148. The van der Waals surface area contributed by atoms with Gasteiger partial charge in [-0.05, 0) is 42.2 Å². The second kappa shape index (κ2) is 9.22. The number of rotatable bonds is 9. The lowest BCUT2D eigenvalue weighted by Gasteiger charge is -2.23. The summed E-state index contributed by atoms with van der Waals surface area (Å²) in [4.78, 5) is 1.72. The van der Waals surface area contributed by atoms with E-state index in [0.717, 1.165) is 35.5 Å². The average molecular weight is 380 g/mol. The van der Waals surface area contributed by atoms with Gasteiger partial charge in [0.05, 0.1) is 12.3 Å². The van der Waals surface area contributed by atoms with Crippen LogP contribution in [-0.4, -0.2) is 21.6 Å². The second-order valence-electron chi connectivity index (χ2n) is 8.52. The van der Waals surface area contributed by atoms with Crippen molar-refractivity contribution in [3.8, 4) is 11.4 Å². The monoisotopic (exact) mass is 379 g/mol. The number of fused-ring (bicyclic) bond motifs is 1. The molecule has 28 heavy (non-hydrogen) atoms. The number of ether oxygens (including phenoxy) is 1. The molecule has 3 rings (SSSR count). The Kier molecular flexibility index (Phi) is 6.71. The van der Waals surface area contributed by atoms with E-state index in [-0.39, 0.29) is 5.41 Å². The first-order chi connectivity index (χ1) is 13.5. The van der Waals surface area contributed by atoms with Crippen molar-refractivity contribution in [1.29, 1.82) is 0 Å². The number of hydrogen-bond acceptors (Lipinski definition) is 3. The van der Waals surface area contributed by atoms with Crippen molar-refractivity contribution in [2.24, 2.45) is 0 Å². The number of benzene rings is 2. The fourth-order valence-corrected chi connectivity index (χ4v) is 3.39. The van der Waals surface area contributed by atoms with Crippen LogP contribution in [0.25, 0.3) is 16.7 Å². The van der Waals surface area contributed by atoms with Gasteiger partial charge in [0, 0.05) is 5.56 Å². The topological polar surface area (TPSA) is 39.9 Å². The summed E-state index contributed by atoms with van der Waals surface area (Å²) in [5.74, 6) is 0.974. The first kappa shape index (κ1) is 20.4. The molecule has 150 valence electrons. The first-order valence-electron chi connectivity index (χ1n) is 10.6. The number of hydrogen-bond donors (Lipinski definition) is 0. The molecule has 2 aromatic carbocycles. The van der Waals surface area contributed by atoms with Gasteiger partial charge in [0.1, 0.15) is 16.8 Å². The highest BCUT2D eigenvalue weighted by atomic mass is 16.5. The van der Waals surface area contributed by atoms with Crippen LogP contribution < -0.4 is 4.74 Å². The zero-order chi connectivity index (χ0) is 20.0. The fraction of sp³-hybridized carbons (Fsp3) is 0.500. The Labute approximate surface area is 168 Å². The van der Waals surface area contributed by atoms with E-state index in [1.807, 2.05) is 30.3 Å². The normalized spacial score (nSPS) is 11.9. The van der Waals surface area contributed by atoms with Crippen molar-refractivity contribution >= 4 is 11.0 Å². The standard InChI is InChI=1S/C24H33N3O/c1-5-6-7-8-9-12-17-28-23-16-15-19(18-20(23)24(2,3)4)27-25-21-13-10-11-14-22(21)26-27/h10-11,13-16,18H,5-9,12,17H2,1-4H3. The smallest absolute Gasteiger partial charge is 0.123 e. The first-order valence-corrected chi connectivity index (χ1v) is 10.6. The zero-order valence-electron chi connectivity index (χ0n) is 17.7. The van der Waals surface area contributed by atoms with Crippen LogP contribution in [0, 0.1) is 0 Å². The Morgan fingerprint density at radius 2 is 1.50 bits per heavy atom. The largest absolute Gasteiger partial charge is 0.493 e. The van der Waals surface area contributed by atoms with Crippen molar-refractivity contribution in [3.63, 3.8) is 0 Å². The molecule has 1 aromatic heterocycles. The molecule has 0 spiro atoms. The molecular formula is C24H33N3O. The maximum Gasteiger partial charge on any atom is 0.123 e. The highest BCUT2D eigenvalue weighted by Gasteiger charge is 2.20. The Hall–Kier alpha value is -2.36. The second-order valence-corrected chi connectivity index (χ2v) is 8.52. The molecule has 0 bridgehead atoms. The van der Waals surface area contributed by atoms with Gasteiger partial charge >= 0.3 is 0 Å². The van der Waals surface area contributed by atoms with Crippen molar-refractivity contribution in [2.75, 3.05) is 6.61 Å². The molecule has 0 aliphatic rings. The highest BCUT2D eigenvalue weighted by molar-refractivity contribution is 5.73. The molecule has 0 radical (unpaired) electrons. The molecule has 0 unspecified atom stereocenters. The minimum absolute atomic E-state index is 0.0148. The Balaban J connectivity index is 1.73. The zero-order valence-corrected chi connectivity index (χ0v) is 17.7. The molecular weight excluding hydrogens is 346 g/mol. The quantitative estimate of drug-likeness (QED) is 0.401. The molecule has 0 saturated heterocycles. The molecule has 0 N–H and O–H groups in total. The lowest BCUT2D eigenvalue weighted by Crippen LogP contribution is -2.15. The van der Waals surface area contributed by atoms with Gasteiger partial charge in [-0.15, -0.1) is 10.2 Å². The molecule has 1 heterocycles. The average Bonchev–Trinajstić information content (AvgIpc) is 3.11. The van der Waals surface area contributed by atoms with Gasteiger partial charge in [-0.1, -0.05) is 71.9 Å². The van der Waals surface area contributed by atoms with Crippen molar-refractivity contribution in [2.45, 2.75) is 71.6 Å². The van der Waals surface area contributed by atoms with Crippen molar-refractivity contribution < 1.29 is 4.74 Å². The van der Waals surface area contributed by atoms with Gasteiger partial charge in [-0.2, -0.15) is 4.80 Å². The maximum atomic E-state index is 6.17. The maximum absolute atomic E-state index is 6.17. The van der Waals surface area contributed by atoms with E-state index < -0.39 is 0 Å². The summed E-state index contributed by atoms with van der Waals surface area (Å²) in [5.41, 5.74) is 3.95. The van der Waals surface area contributed by atoms with Crippen LogP contribution in [-0.2, 0) is 5.41 Å². The van der Waals surface area contributed by atoms with E-state index in [1.54, 1.807) is 4.80 Å². The van der Waals surface area contributed by atoms with Crippen molar-refractivity contribution in [1.82, 2.24) is 15.0 Å². The Morgan fingerprint density at radius 1 is 0.857 bits per heavy atom. The van der Waals surface area contributed by atoms with Crippen LogP contribution in [0.1, 0.15) is 71.8 Å². The van der Waals surface area contributed by atoms with E-state index >= 15 is 0 Å². The molecule has 0 fully saturated rings. The molecule has 0 atom stereocenters. The van der Waals surface area contributed by atoms with Crippen molar-refractivity contribution in [3.05, 3.63) is 48.0 Å². The van der Waals surface area contributed by atoms with Crippen LogP contribution in [0.15, 0.2) is 42.5 Å². The lowest BCUT2D eigenvalue weighted by atomic mass is 9.86. The third-order valence-corrected chi connectivity index (χ3v) is 5.04. The fourth-order valence-electron chi connectivity index (χ4n) is 3.39. The van der Waals surface area contributed by atoms with Gasteiger partial charge in [0.2, 0.25) is 0 Å². The Bertz CT molecular complexity index is 859. The van der Waals surface area contributed by atoms with Gasteiger partial charge in [0.15, 0.2) is 0 Å². The van der Waals surface area contributed by atoms with Gasteiger partial charge in [-0.25, -0.2) is 0 Å². The summed E-state index contributed by atoms with van der Waals surface area (Å²) in [7, 11) is 0. The summed E-state index contributed by atoms with van der Waals surface area (Å²) in [6, 6.07) is 14.2. The van der Waals surface area contributed by atoms with Crippen LogP contribution in [0.3, 0.4) is 0 Å². The predicted octanol–water partition coefficient (Wildman–Crippen LogP) is 6.46. The molecule has 4 heteroatoms.